The third kappa shape index (κ3) is 10.2. The van der Waals surface area contributed by atoms with Crippen LogP contribution in [0.2, 0.25) is 0 Å². The molecule has 0 nitrogen and oxygen atoms in total. The Morgan fingerprint density at radius 2 is 0.560 bits per heavy atom. The fourth-order valence-corrected chi connectivity index (χ4v) is 2.32. The van der Waals surface area contributed by atoms with Gasteiger partial charge in [-0.3, -0.25) is 0 Å². The minimum atomic E-state index is 0. The van der Waals surface area contributed by atoms with E-state index in [9.17, 15) is 0 Å². The van der Waals surface area contributed by atoms with E-state index in [4.69, 9.17) is 0 Å². The van der Waals surface area contributed by atoms with Crippen molar-refractivity contribution >= 4 is 0 Å². The smallest absolute Gasteiger partial charge is 0.213 e. The second kappa shape index (κ2) is 13.6. The van der Waals surface area contributed by atoms with Gasteiger partial charge in [-0.1, -0.05) is 59.3 Å². The standard InChI is InChI=1S/3C8H11.Pr/c3*1-7(2)8-5-3-4-6-8;/h3*3-7H,1-2H3;/q3*-1;+3. The van der Waals surface area contributed by atoms with Crippen molar-refractivity contribution in [3.05, 3.63) is 89.5 Å². The van der Waals surface area contributed by atoms with Crippen LogP contribution in [0.1, 0.15) is 76.0 Å². The zero-order valence-electron chi connectivity index (χ0n) is 16.7. The van der Waals surface area contributed by atoms with Crippen LogP contribution in [-0.4, -0.2) is 0 Å². The van der Waals surface area contributed by atoms with E-state index in [2.05, 4.69) is 114 Å². The zero-order chi connectivity index (χ0) is 17.9. The largest absolute Gasteiger partial charge is 3.00 e. The summed E-state index contributed by atoms with van der Waals surface area (Å²) in [5.41, 5.74) is 4.31. The predicted octanol–water partition coefficient (Wildman–Crippen LogP) is 7.59. The van der Waals surface area contributed by atoms with Crippen molar-refractivity contribution in [2.45, 2.75) is 59.3 Å². The molecule has 1 heteroatoms. The van der Waals surface area contributed by atoms with E-state index in [1.807, 2.05) is 0 Å². The van der Waals surface area contributed by atoms with Crippen LogP contribution in [0.4, 0.5) is 0 Å². The molecule has 0 bridgehead atoms. The molecular weight excluding hydrogens is 429 g/mol. The van der Waals surface area contributed by atoms with Crippen LogP contribution in [0.25, 0.3) is 0 Å². The van der Waals surface area contributed by atoms with Gasteiger partial charge in [0.15, 0.2) is 0 Å². The van der Waals surface area contributed by atoms with Gasteiger partial charge in [0.1, 0.15) is 0 Å². The van der Waals surface area contributed by atoms with E-state index in [-0.39, 0.29) is 41.3 Å². The minimum Gasteiger partial charge on any atom is -0.213 e. The second-order valence-electron chi connectivity index (χ2n) is 7.12. The molecular formula is C24H33Pr. The number of hydrogen-bond donors (Lipinski definition) is 0. The van der Waals surface area contributed by atoms with E-state index < -0.39 is 0 Å². The maximum absolute atomic E-state index is 2.20. The molecule has 0 unspecified atom stereocenters. The molecule has 0 aliphatic carbocycles. The van der Waals surface area contributed by atoms with Gasteiger partial charge in [-0.15, -0.1) is 0 Å². The van der Waals surface area contributed by atoms with Gasteiger partial charge in [0.2, 0.25) is 0 Å². The van der Waals surface area contributed by atoms with Gasteiger partial charge in [0.25, 0.3) is 0 Å². The van der Waals surface area contributed by atoms with Gasteiger partial charge in [0.05, 0.1) is 0 Å². The van der Waals surface area contributed by atoms with E-state index in [1.54, 1.807) is 0 Å². The van der Waals surface area contributed by atoms with Crippen molar-refractivity contribution in [3.8, 4) is 0 Å². The van der Waals surface area contributed by atoms with E-state index >= 15 is 0 Å². The normalized spacial score (nSPS) is 9.96. The molecule has 25 heavy (non-hydrogen) atoms. The van der Waals surface area contributed by atoms with E-state index in [0.29, 0.717) is 17.8 Å². The van der Waals surface area contributed by atoms with Crippen molar-refractivity contribution in [3.63, 3.8) is 0 Å². The van der Waals surface area contributed by atoms with Crippen LogP contribution in [0.3, 0.4) is 0 Å². The van der Waals surface area contributed by atoms with Crippen LogP contribution < -0.4 is 0 Å². The molecule has 0 radical (unpaired) electrons. The Labute approximate surface area is 188 Å². The SMILES string of the molecule is CC(C)[c-]1cccc1.CC(C)[c-]1cccc1.CC(C)[c-]1cccc1.[Pr+3]. The molecule has 0 atom stereocenters. The molecule has 3 aromatic carbocycles. The average molecular weight is 462 g/mol. The quantitative estimate of drug-likeness (QED) is 0.352. The second-order valence-corrected chi connectivity index (χ2v) is 7.12. The molecule has 3 aromatic rings. The summed E-state index contributed by atoms with van der Waals surface area (Å²) in [4.78, 5) is 0. The van der Waals surface area contributed by atoms with Crippen LogP contribution in [0, 0.1) is 41.3 Å². The summed E-state index contributed by atoms with van der Waals surface area (Å²) in [5.74, 6) is 2.06. The summed E-state index contributed by atoms with van der Waals surface area (Å²) < 4.78 is 0. The van der Waals surface area contributed by atoms with Gasteiger partial charge in [-0.05, 0) is 0 Å². The summed E-state index contributed by atoms with van der Waals surface area (Å²) in [7, 11) is 0. The van der Waals surface area contributed by atoms with Crippen molar-refractivity contribution in [1.82, 2.24) is 0 Å². The molecule has 0 aliphatic rings. The van der Waals surface area contributed by atoms with Crippen LogP contribution in [0.5, 0.6) is 0 Å². The first-order chi connectivity index (χ1) is 11.4. The predicted molar refractivity (Wildman–Crippen MR) is 108 cm³/mol. The molecule has 0 spiro atoms. The summed E-state index contributed by atoms with van der Waals surface area (Å²) in [6.07, 6.45) is 0. The minimum absolute atomic E-state index is 0. The molecule has 0 N–H and O–H groups in total. The first-order valence-electron chi connectivity index (χ1n) is 9.06. The first-order valence-corrected chi connectivity index (χ1v) is 9.06. The first kappa shape index (κ1) is 24.4. The summed E-state index contributed by atoms with van der Waals surface area (Å²) in [5, 5.41) is 0. The maximum Gasteiger partial charge on any atom is 3.00 e. The van der Waals surface area contributed by atoms with Crippen molar-refractivity contribution in [2.75, 3.05) is 0 Å². The third-order valence-electron chi connectivity index (χ3n) is 4.07. The molecule has 0 saturated heterocycles. The van der Waals surface area contributed by atoms with Gasteiger partial charge >= 0.3 is 41.3 Å². The number of rotatable bonds is 3. The zero-order valence-corrected chi connectivity index (χ0v) is 20.4. The number of hydrogen-bond acceptors (Lipinski definition) is 0. The summed E-state index contributed by atoms with van der Waals surface area (Å²) in [6, 6.07) is 25.4. The Morgan fingerprint density at radius 3 is 0.640 bits per heavy atom. The molecule has 0 aliphatic heterocycles. The van der Waals surface area contributed by atoms with Gasteiger partial charge in [-0.25, -0.2) is 36.4 Å². The van der Waals surface area contributed by atoms with Crippen LogP contribution >= 0.6 is 0 Å². The molecule has 0 aromatic heterocycles. The Kier molecular flexibility index (Phi) is 13.3. The fourth-order valence-electron chi connectivity index (χ4n) is 2.32. The molecule has 0 amide bonds. The van der Waals surface area contributed by atoms with Crippen LogP contribution in [0.15, 0.2) is 72.8 Å². The van der Waals surface area contributed by atoms with Gasteiger partial charge in [0, 0.05) is 0 Å². The molecule has 0 saturated carbocycles. The Morgan fingerprint density at radius 1 is 0.400 bits per heavy atom. The fraction of sp³-hybridized carbons (Fsp3) is 0.375. The van der Waals surface area contributed by atoms with E-state index in [1.165, 1.54) is 16.7 Å². The topological polar surface area (TPSA) is 0 Å². The van der Waals surface area contributed by atoms with Crippen molar-refractivity contribution in [2.24, 2.45) is 0 Å². The maximum atomic E-state index is 2.20. The molecule has 0 fully saturated rings. The average Bonchev–Trinajstić information content (AvgIpc) is 3.29. The van der Waals surface area contributed by atoms with Crippen molar-refractivity contribution < 1.29 is 41.3 Å². The molecule has 3 rings (SSSR count). The monoisotopic (exact) mass is 462 g/mol. The van der Waals surface area contributed by atoms with Crippen LogP contribution in [-0.2, 0) is 0 Å². The molecule has 132 valence electrons. The summed E-state index contributed by atoms with van der Waals surface area (Å²) in [6.45, 7) is 13.2. The molecule has 0 heterocycles. The van der Waals surface area contributed by atoms with Gasteiger partial charge < -0.3 is 0 Å². The van der Waals surface area contributed by atoms with Crippen molar-refractivity contribution in [1.29, 1.82) is 0 Å². The third-order valence-corrected chi connectivity index (χ3v) is 4.07. The Balaban J connectivity index is 0.000000339. The Hall–Kier alpha value is -0.586. The van der Waals surface area contributed by atoms with E-state index in [0.717, 1.165) is 0 Å². The Bertz CT molecular complexity index is 502. The summed E-state index contributed by atoms with van der Waals surface area (Å²) >= 11 is 0. The van der Waals surface area contributed by atoms with Gasteiger partial charge in [-0.2, -0.15) is 53.1 Å².